The van der Waals surface area contributed by atoms with E-state index in [0.717, 1.165) is 5.69 Å². The van der Waals surface area contributed by atoms with Gasteiger partial charge < -0.3 is 15.4 Å². The molecule has 21 heavy (non-hydrogen) atoms. The standard InChI is InChI=1S/C14H17N5O2/c1-21-13-6-9-17-14(19-13)16-8-5-12(20)18-10-11-4-2-3-7-15-11/h2-4,6-7,9H,5,8,10H2,1H3,(H,18,20)(H,16,17,19). The number of carbonyl (C=O) groups excluding carboxylic acids is 1. The minimum Gasteiger partial charge on any atom is -0.481 e. The number of aromatic nitrogens is 3. The lowest BCUT2D eigenvalue weighted by Gasteiger charge is -2.07. The Labute approximate surface area is 122 Å². The van der Waals surface area contributed by atoms with Crippen LogP contribution in [0.15, 0.2) is 36.7 Å². The highest BCUT2D eigenvalue weighted by atomic mass is 16.5. The Kier molecular flexibility index (Phi) is 5.45. The third kappa shape index (κ3) is 5.06. The van der Waals surface area contributed by atoms with Gasteiger partial charge in [-0.15, -0.1) is 0 Å². The van der Waals surface area contributed by atoms with E-state index < -0.39 is 0 Å². The summed E-state index contributed by atoms with van der Waals surface area (Å²) in [6.45, 7) is 0.872. The molecule has 1 amide bonds. The van der Waals surface area contributed by atoms with Gasteiger partial charge in [0.1, 0.15) is 0 Å². The third-order valence-corrected chi connectivity index (χ3v) is 2.67. The monoisotopic (exact) mass is 287 g/mol. The summed E-state index contributed by atoms with van der Waals surface area (Å²) >= 11 is 0. The Hall–Kier alpha value is -2.70. The molecule has 2 heterocycles. The van der Waals surface area contributed by atoms with E-state index in [1.807, 2.05) is 18.2 Å². The third-order valence-electron chi connectivity index (χ3n) is 2.67. The highest BCUT2D eigenvalue weighted by molar-refractivity contribution is 5.76. The van der Waals surface area contributed by atoms with Crippen molar-refractivity contribution in [2.24, 2.45) is 0 Å². The maximum atomic E-state index is 11.7. The summed E-state index contributed by atoms with van der Waals surface area (Å²) in [6, 6.07) is 7.24. The largest absolute Gasteiger partial charge is 0.481 e. The molecule has 0 bridgehead atoms. The number of ether oxygens (including phenoxy) is 1. The van der Waals surface area contributed by atoms with Gasteiger partial charge in [-0.3, -0.25) is 9.78 Å². The lowest BCUT2D eigenvalue weighted by Crippen LogP contribution is -2.25. The summed E-state index contributed by atoms with van der Waals surface area (Å²) in [5.41, 5.74) is 0.829. The highest BCUT2D eigenvalue weighted by Crippen LogP contribution is 2.06. The first-order chi connectivity index (χ1) is 10.3. The van der Waals surface area contributed by atoms with Crippen LogP contribution in [0.1, 0.15) is 12.1 Å². The van der Waals surface area contributed by atoms with E-state index >= 15 is 0 Å². The smallest absolute Gasteiger partial charge is 0.225 e. The van der Waals surface area contributed by atoms with E-state index in [0.29, 0.717) is 31.3 Å². The zero-order chi connectivity index (χ0) is 14.9. The number of pyridine rings is 1. The SMILES string of the molecule is COc1ccnc(NCCC(=O)NCc2ccccn2)n1. The predicted molar refractivity (Wildman–Crippen MR) is 77.8 cm³/mol. The zero-order valence-electron chi connectivity index (χ0n) is 11.7. The van der Waals surface area contributed by atoms with Crippen LogP contribution < -0.4 is 15.4 Å². The first-order valence-electron chi connectivity index (χ1n) is 6.55. The topological polar surface area (TPSA) is 89.0 Å². The molecule has 0 aliphatic heterocycles. The Morgan fingerprint density at radius 2 is 2.14 bits per heavy atom. The molecular formula is C14H17N5O2. The Morgan fingerprint density at radius 3 is 2.90 bits per heavy atom. The van der Waals surface area contributed by atoms with Crippen LogP contribution in [0.3, 0.4) is 0 Å². The van der Waals surface area contributed by atoms with Gasteiger partial charge in [-0.1, -0.05) is 6.07 Å². The fourth-order valence-corrected chi connectivity index (χ4v) is 1.61. The van der Waals surface area contributed by atoms with E-state index in [1.54, 1.807) is 18.5 Å². The van der Waals surface area contributed by atoms with Gasteiger partial charge in [-0.2, -0.15) is 4.98 Å². The molecular weight excluding hydrogens is 270 g/mol. The Bertz CT molecular complexity index is 577. The molecule has 0 saturated heterocycles. The quantitative estimate of drug-likeness (QED) is 0.789. The van der Waals surface area contributed by atoms with E-state index in [2.05, 4.69) is 25.6 Å². The lowest BCUT2D eigenvalue weighted by atomic mass is 10.3. The van der Waals surface area contributed by atoms with Gasteiger partial charge in [-0.05, 0) is 12.1 Å². The van der Waals surface area contributed by atoms with Crippen LogP contribution in [-0.4, -0.2) is 34.5 Å². The first-order valence-corrected chi connectivity index (χ1v) is 6.55. The fraction of sp³-hybridized carbons (Fsp3) is 0.286. The van der Waals surface area contributed by atoms with Gasteiger partial charge in [-0.25, -0.2) is 4.98 Å². The van der Waals surface area contributed by atoms with Gasteiger partial charge >= 0.3 is 0 Å². The van der Waals surface area contributed by atoms with Crippen molar-refractivity contribution in [3.63, 3.8) is 0 Å². The van der Waals surface area contributed by atoms with Crippen molar-refractivity contribution in [2.45, 2.75) is 13.0 Å². The van der Waals surface area contributed by atoms with Crippen molar-refractivity contribution < 1.29 is 9.53 Å². The Morgan fingerprint density at radius 1 is 1.24 bits per heavy atom. The van der Waals surface area contributed by atoms with Crippen molar-refractivity contribution in [3.8, 4) is 5.88 Å². The minimum atomic E-state index is -0.0592. The number of carbonyl (C=O) groups is 1. The number of nitrogens with one attached hydrogen (secondary N) is 2. The molecule has 0 radical (unpaired) electrons. The van der Waals surface area contributed by atoms with Gasteiger partial charge in [0.15, 0.2) is 0 Å². The second-order valence-electron chi connectivity index (χ2n) is 4.20. The molecule has 0 unspecified atom stereocenters. The molecule has 2 aromatic rings. The van der Waals surface area contributed by atoms with E-state index in [-0.39, 0.29) is 5.91 Å². The Balaban J connectivity index is 1.69. The predicted octanol–water partition coefficient (Wildman–Crippen LogP) is 0.999. The van der Waals surface area contributed by atoms with Crippen LogP contribution in [0.5, 0.6) is 5.88 Å². The number of amides is 1. The average molecular weight is 287 g/mol. The van der Waals surface area contributed by atoms with Gasteiger partial charge in [0.2, 0.25) is 17.7 Å². The minimum absolute atomic E-state index is 0.0592. The number of nitrogens with zero attached hydrogens (tertiary/aromatic N) is 3. The summed E-state index contributed by atoms with van der Waals surface area (Å²) in [4.78, 5) is 23.9. The average Bonchev–Trinajstić information content (AvgIpc) is 2.54. The first kappa shape index (κ1) is 14.7. The van der Waals surface area contributed by atoms with Crippen molar-refractivity contribution in [3.05, 3.63) is 42.4 Å². The molecule has 2 N–H and O–H groups in total. The molecule has 0 aliphatic carbocycles. The van der Waals surface area contributed by atoms with Gasteiger partial charge in [0.05, 0.1) is 19.3 Å². The number of hydrogen-bond acceptors (Lipinski definition) is 6. The number of hydrogen-bond donors (Lipinski definition) is 2. The summed E-state index contributed by atoms with van der Waals surface area (Å²) in [7, 11) is 1.54. The molecule has 0 saturated carbocycles. The van der Waals surface area contributed by atoms with Crippen molar-refractivity contribution in [1.29, 1.82) is 0 Å². The van der Waals surface area contributed by atoms with Crippen LogP contribution in [0.4, 0.5) is 5.95 Å². The molecule has 2 aromatic heterocycles. The van der Waals surface area contributed by atoms with Crippen LogP contribution in [0.2, 0.25) is 0 Å². The molecule has 0 spiro atoms. The van der Waals surface area contributed by atoms with Crippen molar-refractivity contribution in [1.82, 2.24) is 20.3 Å². The van der Waals surface area contributed by atoms with Crippen LogP contribution in [0.25, 0.3) is 0 Å². The van der Waals surface area contributed by atoms with E-state index in [1.165, 1.54) is 7.11 Å². The molecule has 0 aliphatic rings. The lowest BCUT2D eigenvalue weighted by molar-refractivity contribution is -0.121. The number of rotatable bonds is 7. The van der Waals surface area contributed by atoms with Gasteiger partial charge in [0, 0.05) is 31.4 Å². The second-order valence-corrected chi connectivity index (χ2v) is 4.20. The summed E-state index contributed by atoms with van der Waals surface area (Å²) in [6.07, 6.45) is 3.62. The normalized spacial score (nSPS) is 9.95. The number of methoxy groups -OCH3 is 1. The molecule has 2 rings (SSSR count). The van der Waals surface area contributed by atoms with E-state index in [9.17, 15) is 4.79 Å². The molecule has 0 aromatic carbocycles. The fourth-order valence-electron chi connectivity index (χ4n) is 1.61. The van der Waals surface area contributed by atoms with Crippen molar-refractivity contribution >= 4 is 11.9 Å². The second kappa shape index (κ2) is 7.78. The maximum Gasteiger partial charge on any atom is 0.225 e. The molecule has 7 heteroatoms. The highest BCUT2D eigenvalue weighted by Gasteiger charge is 2.03. The molecule has 0 fully saturated rings. The molecule has 7 nitrogen and oxygen atoms in total. The molecule has 110 valence electrons. The van der Waals surface area contributed by atoms with Crippen LogP contribution in [0, 0.1) is 0 Å². The summed E-state index contributed by atoms with van der Waals surface area (Å²) < 4.78 is 4.99. The van der Waals surface area contributed by atoms with Crippen LogP contribution in [-0.2, 0) is 11.3 Å². The van der Waals surface area contributed by atoms with Crippen molar-refractivity contribution in [2.75, 3.05) is 19.0 Å². The summed E-state index contributed by atoms with van der Waals surface area (Å²) in [5.74, 6) is 0.857. The van der Waals surface area contributed by atoms with E-state index in [4.69, 9.17) is 4.74 Å². The zero-order valence-corrected chi connectivity index (χ0v) is 11.7. The summed E-state index contributed by atoms with van der Waals surface area (Å²) in [5, 5.41) is 5.77. The molecule has 0 atom stereocenters. The van der Waals surface area contributed by atoms with Gasteiger partial charge in [0.25, 0.3) is 0 Å². The number of anilines is 1. The maximum absolute atomic E-state index is 11.7. The van der Waals surface area contributed by atoms with Crippen LogP contribution >= 0.6 is 0 Å².